The van der Waals surface area contributed by atoms with Gasteiger partial charge in [-0.25, -0.2) is 4.39 Å². The first-order valence-corrected chi connectivity index (χ1v) is 6.17. The molecule has 1 heterocycles. The number of Topliss-reactive ketones (excluding diaryl/α,β-unsaturated/α-hetero) is 1. The van der Waals surface area contributed by atoms with E-state index >= 15 is 0 Å². The van der Waals surface area contributed by atoms with Crippen LogP contribution >= 0.6 is 0 Å². The van der Waals surface area contributed by atoms with E-state index in [1.54, 1.807) is 6.07 Å². The third kappa shape index (κ3) is 1.69. The highest BCUT2D eigenvalue weighted by Gasteiger charge is 2.38. The molecular formula is C14H16FNO. The molecule has 90 valence electrons. The summed E-state index contributed by atoms with van der Waals surface area (Å²) < 4.78 is 13.7. The molecule has 2 nitrogen and oxygen atoms in total. The molecular weight excluding hydrogens is 217 g/mol. The number of halogens is 1. The lowest BCUT2D eigenvalue weighted by atomic mass is 9.71. The smallest absolute Gasteiger partial charge is 0.166 e. The zero-order valence-corrected chi connectivity index (χ0v) is 9.95. The maximum atomic E-state index is 13.7. The fourth-order valence-electron chi connectivity index (χ4n) is 3.24. The van der Waals surface area contributed by atoms with Crippen molar-refractivity contribution in [2.75, 3.05) is 20.1 Å². The molecule has 0 N–H and O–H groups in total. The summed E-state index contributed by atoms with van der Waals surface area (Å²) in [6.45, 7) is 1.98. The summed E-state index contributed by atoms with van der Waals surface area (Å²) in [5, 5.41) is 0. The number of nitrogens with zero attached hydrogens (tertiary/aromatic N) is 1. The van der Waals surface area contributed by atoms with Gasteiger partial charge < -0.3 is 4.90 Å². The molecule has 3 heteroatoms. The lowest BCUT2D eigenvalue weighted by Crippen LogP contribution is -2.40. The molecule has 0 amide bonds. The standard InChI is InChI=1S/C14H16FNO/c1-16-6-5-9-7-13(17)14-10(11(9)8-16)3-2-4-12(14)15/h2-4,9,11H,5-8H2,1H3/t9-,11-/m1/s1. The van der Waals surface area contributed by atoms with Crippen molar-refractivity contribution >= 4 is 5.78 Å². The summed E-state index contributed by atoms with van der Waals surface area (Å²) in [5.41, 5.74) is 1.28. The monoisotopic (exact) mass is 233 g/mol. The van der Waals surface area contributed by atoms with Crippen molar-refractivity contribution in [1.29, 1.82) is 0 Å². The highest BCUT2D eigenvalue weighted by molar-refractivity contribution is 5.99. The van der Waals surface area contributed by atoms with Gasteiger partial charge in [-0.1, -0.05) is 12.1 Å². The van der Waals surface area contributed by atoms with E-state index in [-0.39, 0.29) is 11.6 Å². The zero-order valence-electron chi connectivity index (χ0n) is 9.95. The molecule has 0 spiro atoms. The van der Waals surface area contributed by atoms with Crippen LogP contribution in [0.2, 0.25) is 0 Å². The Kier molecular flexibility index (Phi) is 2.51. The molecule has 1 aromatic rings. The van der Waals surface area contributed by atoms with Gasteiger partial charge in [0.05, 0.1) is 5.56 Å². The number of fused-ring (bicyclic) bond motifs is 3. The van der Waals surface area contributed by atoms with Gasteiger partial charge in [-0.15, -0.1) is 0 Å². The predicted octanol–water partition coefficient (Wildman–Crippen LogP) is 2.45. The summed E-state index contributed by atoms with van der Waals surface area (Å²) in [5.74, 6) is 0.383. The van der Waals surface area contributed by atoms with Gasteiger partial charge in [-0.3, -0.25) is 4.79 Å². The van der Waals surface area contributed by atoms with Crippen molar-refractivity contribution in [3.05, 3.63) is 35.1 Å². The number of likely N-dealkylation sites (tertiary alicyclic amines) is 1. The van der Waals surface area contributed by atoms with Crippen molar-refractivity contribution in [1.82, 2.24) is 4.90 Å². The minimum absolute atomic E-state index is 0.0103. The van der Waals surface area contributed by atoms with Gasteiger partial charge in [-0.2, -0.15) is 0 Å². The van der Waals surface area contributed by atoms with Crippen LogP contribution in [-0.2, 0) is 0 Å². The maximum absolute atomic E-state index is 13.7. The SMILES string of the molecule is CN1CC[C@@H]2CC(=O)c3c(F)cccc3[C@@H]2C1. The molecule has 0 aromatic heterocycles. The number of rotatable bonds is 0. The Hall–Kier alpha value is -1.22. The maximum Gasteiger partial charge on any atom is 0.166 e. The normalized spacial score (nSPS) is 28.7. The van der Waals surface area contributed by atoms with Gasteiger partial charge in [0.25, 0.3) is 0 Å². The van der Waals surface area contributed by atoms with Crippen LogP contribution in [0.5, 0.6) is 0 Å². The fourth-order valence-corrected chi connectivity index (χ4v) is 3.24. The largest absolute Gasteiger partial charge is 0.306 e. The van der Waals surface area contributed by atoms with Crippen molar-refractivity contribution in [3.8, 4) is 0 Å². The summed E-state index contributed by atoms with van der Waals surface area (Å²) in [4.78, 5) is 14.3. The minimum Gasteiger partial charge on any atom is -0.306 e. The number of carbonyl (C=O) groups excluding carboxylic acids is 1. The third-order valence-electron chi connectivity index (χ3n) is 4.13. The van der Waals surface area contributed by atoms with Gasteiger partial charge in [0.2, 0.25) is 0 Å². The lowest BCUT2D eigenvalue weighted by Gasteiger charge is -2.40. The molecule has 1 fully saturated rings. The number of hydrogen-bond acceptors (Lipinski definition) is 2. The van der Waals surface area contributed by atoms with Crippen molar-refractivity contribution in [2.24, 2.45) is 5.92 Å². The number of likely N-dealkylation sites (N-methyl/N-ethyl adjacent to an activating group) is 1. The van der Waals surface area contributed by atoms with Crippen LogP contribution in [-0.4, -0.2) is 30.8 Å². The average molecular weight is 233 g/mol. The number of carbonyl (C=O) groups is 1. The van der Waals surface area contributed by atoms with E-state index in [0.717, 1.165) is 25.1 Å². The first-order chi connectivity index (χ1) is 8.16. The van der Waals surface area contributed by atoms with Gasteiger partial charge in [0.15, 0.2) is 5.78 Å². The minimum atomic E-state index is -0.348. The molecule has 1 saturated heterocycles. The molecule has 0 bridgehead atoms. The number of hydrogen-bond donors (Lipinski definition) is 0. The molecule has 1 aliphatic carbocycles. The van der Waals surface area contributed by atoms with Gasteiger partial charge >= 0.3 is 0 Å². The lowest BCUT2D eigenvalue weighted by molar-refractivity contribution is 0.0881. The Balaban J connectivity index is 2.08. The van der Waals surface area contributed by atoms with Gasteiger partial charge in [0.1, 0.15) is 5.82 Å². The molecule has 0 radical (unpaired) electrons. The van der Waals surface area contributed by atoms with Crippen LogP contribution in [0.25, 0.3) is 0 Å². The zero-order chi connectivity index (χ0) is 12.0. The fraction of sp³-hybridized carbons (Fsp3) is 0.500. The van der Waals surface area contributed by atoms with E-state index in [0.29, 0.717) is 23.8 Å². The highest BCUT2D eigenvalue weighted by Crippen LogP contribution is 2.41. The summed E-state index contributed by atoms with van der Waals surface area (Å²) >= 11 is 0. The highest BCUT2D eigenvalue weighted by atomic mass is 19.1. The second-order valence-electron chi connectivity index (χ2n) is 5.25. The van der Waals surface area contributed by atoms with Crippen LogP contribution in [0.1, 0.15) is 34.7 Å². The van der Waals surface area contributed by atoms with E-state index in [1.165, 1.54) is 6.07 Å². The van der Waals surface area contributed by atoms with Crippen LogP contribution in [0, 0.1) is 11.7 Å². The number of piperidine rings is 1. The van der Waals surface area contributed by atoms with E-state index in [9.17, 15) is 9.18 Å². The number of ketones is 1. The first kappa shape index (κ1) is 10.9. The van der Waals surface area contributed by atoms with Crippen LogP contribution in [0.3, 0.4) is 0 Å². The topological polar surface area (TPSA) is 20.3 Å². The Morgan fingerprint density at radius 2 is 2.24 bits per heavy atom. The van der Waals surface area contributed by atoms with Crippen molar-refractivity contribution in [3.63, 3.8) is 0 Å². The van der Waals surface area contributed by atoms with Crippen molar-refractivity contribution in [2.45, 2.75) is 18.8 Å². The van der Waals surface area contributed by atoms with E-state index in [4.69, 9.17) is 0 Å². The summed E-state index contributed by atoms with van der Waals surface area (Å²) in [6, 6.07) is 5.04. The van der Waals surface area contributed by atoms with Crippen LogP contribution in [0.15, 0.2) is 18.2 Å². The first-order valence-electron chi connectivity index (χ1n) is 6.17. The molecule has 1 aliphatic heterocycles. The van der Waals surface area contributed by atoms with Gasteiger partial charge in [-0.05, 0) is 37.6 Å². The molecule has 1 aromatic carbocycles. The second kappa shape index (κ2) is 3.91. The Morgan fingerprint density at radius 3 is 3.06 bits per heavy atom. The Bertz CT molecular complexity index is 471. The summed E-state index contributed by atoms with van der Waals surface area (Å²) in [7, 11) is 2.09. The van der Waals surface area contributed by atoms with Crippen LogP contribution < -0.4 is 0 Å². The quantitative estimate of drug-likeness (QED) is 0.686. The Labute approximate surface area is 100 Å². The van der Waals surface area contributed by atoms with E-state index in [2.05, 4.69) is 11.9 Å². The molecule has 0 saturated carbocycles. The summed E-state index contributed by atoms with van der Waals surface area (Å²) in [6.07, 6.45) is 1.56. The van der Waals surface area contributed by atoms with Crippen molar-refractivity contribution < 1.29 is 9.18 Å². The second-order valence-corrected chi connectivity index (χ2v) is 5.25. The Morgan fingerprint density at radius 1 is 1.41 bits per heavy atom. The molecule has 17 heavy (non-hydrogen) atoms. The van der Waals surface area contributed by atoms with Gasteiger partial charge in [0, 0.05) is 18.9 Å². The molecule has 0 unspecified atom stereocenters. The third-order valence-corrected chi connectivity index (χ3v) is 4.13. The molecule has 2 aliphatic rings. The molecule has 2 atom stereocenters. The predicted molar refractivity (Wildman–Crippen MR) is 63.7 cm³/mol. The van der Waals surface area contributed by atoms with Crippen LogP contribution in [0.4, 0.5) is 4.39 Å². The van der Waals surface area contributed by atoms with E-state index < -0.39 is 0 Å². The average Bonchev–Trinajstić information content (AvgIpc) is 2.30. The molecule has 3 rings (SSSR count). The number of benzene rings is 1. The van der Waals surface area contributed by atoms with E-state index in [1.807, 2.05) is 6.07 Å².